The van der Waals surface area contributed by atoms with Crippen LogP contribution in [0.2, 0.25) is 5.02 Å². The summed E-state index contributed by atoms with van der Waals surface area (Å²) >= 11 is 9.40. The van der Waals surface area contributed by atoms with Gasteiger partial charge in [0.05, 0.1) is 5.52 Å². The number of fused-ring (bicyclic) bond motifs is 2. The summed E-state index contributed by atoms with van der Waals surface area (Å²) < 4.78 is 33.5. The highest BCUT2D eigenvalue weighted by Gasteiger charge is 2.27. The monoisotopic (exact) mass is 485 g/mol. The van der Waals surface area contributed by atoms with Gasteiger partial charge in [0.2, 0.25) is 5.91 Å². The molecule has 2 heterocycles. The van der Waals surface area contributed by atoms with Crippen LogP contribution >= 0.6 is 27.5 Å². The van der Waals surface area contributed by atoms with E-state index < -0.39 is 15.8 Å². The number of benzene rings is 2. The number of sulfonamides is 1. The fourth-order valence-corrected chi connectivity index (χ4v) is 6.16. The number of halogens is 2. The smallest absolute Gasteiger partial charge is 0.406 e. The number of hydrogen-bond donors (Lipinski definition) is 2. The molecular formula is C17H13BrClN3O5S. The first-order valence-electron chi connectivity index (χ1n) is 8.12. The predicted molar refractivity (Wildman–Crippen MR) is 109 cm³/mol. The van der Waals surface area contributed by atoms with Gasteiger partial charge in [0.15, 0.2) is 5.58 Å². The maximum Gasteiger partial charge on any atom is 0.417 e. The van der Waals surface area contributed by atoms with E-state index in [1.165, 1.54) is 13.0 Å². The van der Waals surface area contributed by atoms with E-state index in [1.54, 1.807) is 23.1 Å². The van der Waals surface area contributed by atoms with E-state index >= 15 is 0 Å². The summed E-state index contributed by atoms with van der Waals surface area (Å²) in [6.07, 6.45) is 0.634. The van der Waals surface area contributed by atoms with Gasteiger partial charge in [-0.25, -0.2) is 13.2 Å². The van der Waals surface area contributed by atoms with Gasteiger partial charge in [0, 0.05) is 29.3 Å². The van der Waals surface area contributed by atoms with E-state index in [0.717, 1.165) is 11.3 Å². The fraction of sp³-hybridized carbons (Fsp3) is 0.176. The van der Waals surface area contributed by atoms with Crippen molar-refractivity contribution in [2.45, 2.75) is 18.2 Å². The van der Waals surface area contributed by atoms with Crippen molar-refractivity contribution in [2.75, 3.05) is 16.2 Å². The van der Waals surface area contributed by atoms with Crippen LogP contribution in [0.1, 0.15) is 12.5 Å². The summed E-state index contributed by atoms with van der Waals surface area (Å²) in [5, 5.41) is -0.209. The number of nitrogens with one attached hydrogen (secondary N) is 2. The molecule has 28 heavy (non-hydrogen) atoms. The van der Waals surface area contributed by atoms with Crippen LogP contribution in [0, 0.1) is 0 Å². The predicted octanol–water partition coefficient (Wildman–Crippen LogP) is 3.25. The molecule has 1 aromatic heterocycles. The number of H-pyrrole nitrogens is 1. The van der Waals surface area contributed by atoms with Crippen molar-refractivity contribution in [1.29, 1.82) is 0 Å². The van der Waals surface area contributed by atoms with Gasteiger partial charge in [-0.3, -0.25) is 14.5 Å². The molecule has 3 aromatic rings. The Bertz CT molecular complexity index is 1300. The minimum atomic E-state index is -4.09. The van der Waals surface area contributed by atoms with Gasteiger partial charge in [-0.05, 0) is 52.2 Å². The van der Waals surface area contributed by atoms with Crippen molar-refractivity contribution < 1.29 is 17.6 Å². The highest BCUT2D eigenvalue weighted by atomic mass is 79.9. The Balaban J connectivity index is 1.74. The Morgan fingerprint density at radius 3 is 2.82 bits per heavy atom. The lowest BCUT2D eigenvalue weighted by atomic mass is 10.1. The van der Waals surface area contributed by atoms with Crippen molar-refractivity contribution in [3.05, 3.63) is 49.9 Å². The molecule has 0 radical (unpaired) electrons. The first-order valence-corrected chi connectivity index (χ1v) is 10.8. The van der Waals surface area contributed by atoms with Crippen LogP contribution in [0.4, 0.5) is 11.4 Å². The van der Waals surface area contributed by atoms with Gasteiger partial charge in [-0.2, -0.15) is 0 Å². The van der Waals surface area contributed by atoms with Crippen molar-refractivity contribution in [1.82, 2.24) is 4.98 Å². The first-order chi connectivity index (χ1) is 13.2. The van der Waals surface area contributed by atoms with Gasteiger partial charge in [-0.15, -0.1) is 0 Å². The van der Waals surface area contributed by atoms with E-state index in [-0.39, 0.29) is 31.4 Å². The summed E-state index contributed by atoms with van der Waals surface area (Å²) in [5.41, 5.74) is 2.21. The lowest BCUT2D eigenvalue weighted by molar-refractivity contribution is -0.116. The zero-order valence-corrected chi connectivity index (χ0v) is 17.5. The minimum absolute atomic E-state index is 0.0405. The Morgan fingerprint density at radius 2 is 2.11 bits per heavy atom. The van der Waals surface area contributed by atoms with Crippen LogP contribution in [0.3, 0.4) is 0 Å². The molecule has 146 valence electrons. The third kappa shape index (κ3) is 3.11. The van der Waals surface area contributed by atoms with Gasteiger partial charge in [0.1, 0.15) is 9.92 Å². The lowest BCUT2D eigenvalue weighted by Crippen LogP contribution is -2.25. The van der Waals surface area contributed by atoms with E-state index in [1.807, 2.05) is 0 Å². The van der Waals surface area contributed by atoms with Crippen molar-refractivity contribution in [3.8, 4) is 0 Å². The van der Waals surface area contributed by atoms with E-state index in [0.29, 0.717) is 18.7 Å². The second kappa shape index (κ2) is 6.64. The maximum absolute atomic E-state index is 12.9. The second-order valence-corrected chi connectivity index (χ2v) is 9.11. The van der Waals surface area contributed by atoms with E-state index in [9.17, 15) is 18.0 Å². The molecule has 0 saturated carbocycles. The summed E-state index contributed by atoms with van der Waals surface area (Å²) in [4.78, 5) is 26.9. The summed E-state index contributed by atoms with van der Waals surface area (Å²) in [6.45, 7) is 2.04. The zero-order chi connectivity index (χ0) is 20.2. The second-order valence-electron chi connectivity index (χ2n) is 6.26. The quantitative estimate of drug-likeness (QED) is 0.590. The number of amides is 1. The standard InChI is InChI=1S/C17H13BrClN3O5S/c1-8(23)22-5-4-9-6-10(2-3-13(9)22)21-28(25,26)16-11(18)7-12-15(14(16)19)27-17(24)20-12/h2-3,6-7,21H,4-5H2,1H3,(H,20,24). The number of hydrogen-bond acceptors (Lipinski definition) is 5. The molecule has 2 aromatic carbocycles. The number of aromatic nitrogens is 1. The maximum atomic E-state index is 12.9. The molecular weight excluding hydrogens is 474 g/mol. The average molecular weight is 487 g/mol. The average Bonchev–Trinajstić information content (AvgIpc) is 3.16. The van der Waals surface area contributed by atoms with Crippen LogP contribution in [0.15, 0.2) is 42.8 Å². The van der Waals surface area contributed by atoms with Crippen LogP contribution in [-0.4, -0.2) is 25.9 Å². The number of carbonyl (C=O) groups excluding carboxylic acids is 1. The summed E-state index contributed by atoms with van der Waals surface area (Å²) in [5.74, 6) is -0.802. The number of nitrogens with zero attached hydrogens (tertiary/aromatic N) is 1. The van der Waals surface area contributed by atoms with Crippen LogP contribution in [-0.2, 0) is 21.2 Å². The van der Waals surface area contributed by atoms with Crippen molar-refractivity contribution in [2.24, 2.45) is 0 Å². The molecule has 0 saturated heterocycles. The van der Waals surface area contributed by atoms with Gasteiger partial charge in [0.25, 0.3) is 10.0 Å². The molecule has 1 amide bonds. The summed E-state index contributed by atoms with van der Waals surface area (Å²) in [6, 6.07) is 6.38. The van der Waals surface area contributed by atoms with Crippen molar-refractivity contribution in [3.63, 3.8) is 0 Å². The number of aromatic amines is 1. The Kier molecular flexibility index (Phi) is 4.52. The molecule has 0 bridgehead atoms. The molecule has 11 heteroatoms. The lowest BCUT2D eigenvalue weighted by Gasteiger charge is -2.16. The number of carbonyl (C=O) groups is 1. The molecule has 0 unspecified atom stereocenters. The molecule has 2 N–H and O–H groups in total. The highest BCUT2D eigenvalue weighted by molar-refractivity contribution is 9.10. The number of anilines is 2. The Labute approximate surface area is 172 Å². The highest BCUT2D eigenvalue weighted by Crippen LogP contribution is 2.37. The van der Waals surface area contributed by atoms with Gasteiger partial charge < -0.3 is 9.32 Å². The first kappa shape index (κ1) is 19.0. The third-order valence-electron chi connectivity index (χ3n) is 4.44. The third-order valence-corrected chi connectivity index (χ3v) is 7.27. The van der Waals surface area contributed by atoms with Gasteiger partial charge >= 0.3 is 5.76 Å². The topological polar surface area (TPSA) is 112 Å². The molecule has 0 spiro atoms. The molecule has 1 aliphatic rings. The Hall–Kier alpha value is -2.30. The van der Waals surface area contributed by atoms with Crippen molar-refractivity contribution >= 4 is 65.9 Å². The fourth-order valence-electron chi connectivity index (χ4n) is 3.25. The molecule has 0 aliphatic carbocycles. The molecule has 0 fully saturated rings. The van der Waals surface area contributed by atoms with Gasteiger partial charge in [-0.1, -0.05) is 11.6 Å². The van der Waals surface area contributed by atoms with Crippen LogP contribution < -0.4 is 15.4 Å². The normalized spacial score (nSPS) is 13.8. The summed E-state index contributed by atoms with van der Waals surface area (Å²) in [7, 11) is -4.09. The molecule has 0 atom stereocenters. The van der Waals surface area contributed by atoms with Crippen LogP contribution in [0.5, 0.6) is 0 Å². The van der Waals surface area contributed by atoms with E-state index in [2.05, 4.69) is 25.6 Å². The van der Waals surface area contributed by atoms with E-state index in [4.69, 9.17) is 16.0 Å². The number of rotatable bonds is 3. The van der Waals surface area contributed by atoms with Crippen LogP contribution in [0.25, 0.3) is 11.1 Å². The molecule has 1 aliphatic heterocycles. The molecule has 8 nitrogen and oxygen atoms in total. The zero-order valence-electron chi connectivity index (χ0n) is 14.4. The SMILES string of the molecule is CC(=O)N1CCc2cc(NS(=O)(=O)c3c(Br)cc4[nH]c(=O)oc4c3Cl)ccc21. The molecule has 4 rings (SSSR count). The largest absolute Gasteiger partial charge is 0.417 e. The number of oxazole rings is 1. The minimum Gasteiger partial charge on any atom is -0.406 e. The Morgan fingerprint density at radius 1 is 1.36 bits per heavy atom.